The first-order valence-corrected chi connectivity index (χ1v) is 10.5. The number of piperidine rings is 1. The van der Waals surface area contributed by atoms with Gasteiger partial charge < -0.3 is 20.3 Å². The van der Waals surface area contributed by atoms with Crippen molar-refractivity contribution in [2.75, 3.05) is 49.9 Å². The molecule has 1 aromatic heterocycles. The summed E-state index contributed by atoms with van der Waals surface area (Å²) in [4.78, 5) is 22.7. The highest BCUT2D eigenvalue weighted by Gasteiger charge is 2.31. The molecule has 0 bridgehead atoms. The summed E-state index contributed by atoms with van der Waals surface area (Å²) in [6, 6.07) is 1.64. The number of nitrogens with two attached hydrogens (primary N) is 1. The van der Waals surface area contributed by atoms with Crippen LogP contribution in [0.2, 0.25) is 0 Å². The van der Waals surface area contributed by atoms with Crippen molar-refractivity contribution in [2.45, 2.75) is 52.2 Å². The first-order chi connectivity index (χ1) is 13.6. The van der Waals surface area contributed by atoms with Gasteiger partial charge in [0.05, 0.1) is 11.9 Å². The highest BCUT2D eigenvalue weighted by molar-refractivity contribution is 5.68. The molecule has 0 spiro atoms. The summed E-state index contributed by atoms with van der Waals surface area (Å²) in [5, 5.41) is 0. The number of carbonyl (C=O) groups is 1. The number of ether oxygens (including phenoxy) is 1. The van der Waals surface area contributed by atoms with E-state index in [1.54, 1.807) is 0 Å². The van der Waals surface area contributed by atoms with E-state index in [0.717, 1.165) is 52.1 Å². The number of aromatic nitrogens is 1. The molecule has 2 fully saturated rings. The summed E-state index contributed by atoms with van der Waals surface area (Å²) < 4.78 is 19.7. The van der Waals surface area contributed by atoms with Crippen molar-refractivity contribution >= 4 is 17.6 Å². The lowest BCUT2D eigenvalue weighted by molar-refractivity contribution is 0.0161. The number of hydrogen-bond donors (Lipinski definition) is 1. The van der Waals surface area contributed by atoms with Crippen molar-refractivity contribution in [3.8, 4) is 0 Å². The van der Waals surface area contributed by atoms with Crippen LogP contribution in [-0.4, -0.2) is 71.8 Å². The molecule has 29 heavy (non-hydrogen) atoms. The monoisotopic (exact) mass is 407 g/mol. The number of carbonyl (C=O) groups excluding carboxylic acids is 1. The topological polar surface area (TPSA) is 74.9 Å². The second-order valence-electron chi connectivity index (χ2n) is 9.27. The molecule has 1 amide bonds. The lowest BCUT2D eigenvalue weighted by atomic mass is 9.95. The quantitative estimate of drug-likeness (QED) is 0.830. The minimum atomic E-state index is -0.457. The van der Waals surface area contributed by atoms with Gasteiger partial charge in [-0.3, -0.25) is 4.90 Å². The molecule has 3 heterocycles. The van der Waals surface area contributed by atoms with Gasteiger partial charge in [0.25, 0.3) is 0 Å². The lowest BCUT2D eigenvalue weighted by Gasteiger charge is -2.43. The van der Waals surface area contributed by atoms with Gasteiger partial charge in [-0.1, -0.05) is 0 Å². The summed E-state index contributed by atoms with van der Waals surface area (Å²) in [6.07, 6.45) is 3.27. The third-order valence-electron chi connectivity index (χ3n) is 5.67. The fourth-order valence-electron chi connectivity index (χ4n) is 4.09. The third-order valence-corrected chi connectivity index (χ3v) is 5.67. The number of amides is 1. The van der Waals surface area contributed by atoms with Crippen molar-refractivity contribution in [1.82, 2.24) is 14.8 Å². The second kappa shape index (κ2) is 8.73. The van der Waals surface area contributed by atoms with Gasteiger partial charge in [0, 0.05) is 51.4 Å². The highest BCUT2D eigenvalue weighted by Crippen LogP contribution is 2.25. The van der Waals surface area contributed by atoms with Crippen LogP contribution in [0.4, 0.5) is 20.7 Å². The van der Waals surface area contributed by atoms with Gasteiger partial charge >= 0.3 is 6.09 Å². The number of nitrogens with zero attached hydrogens (tertiary/aromatic N) is 4. The number of nitrogen functional groups attached to an aromatic ring is 1. The maximum atomic E-state index is 14.2. The van der Waals surface area contributed by atoms with E-state index in [0.29, 0.717) is 23.5 Å². The number of likely N-dealkylation sites (tertiary alicyclic amines) is 1. The molecule has 162 valence electrons. The van der Waals surface area contributed by atoms with Gasteiger partial charge in [-0.25, -0.2) is 14.2 Å². The van der Waals surface area contributed by atoms with Gasteiger partial charge in [-0.2, -0.15) is 0 Å². The molecule has 1 aromatic rings. The van der Waals surface area contributed by atoms with Crippen LogP contribution in [0.5, 0.6) is 0 Å². The molecule has 0 radical (unpaired) electrons. The standard InChI is InChI=1S/C21H34FN5O2/c1-15-13-27(19-18(22)11-17(23)12-24-19)10-9-26(15)14-16-5-7-25(8-6-16)20(28)29-21(2,3)4/h11-12,15-16H,5-10,13-14,23H2,1-4H3/t15-/m1/s1. The number of pyridine rings is 1. The number of hydrogen-bond acceptors (Lipinski definition) is 6. The van der Waals surface area contributed by atoms with Crippen LogP contribution in [-0.2, 0) is 4.74 Å². The normalized spacial score (nSPS) is 22.0. The fourth-order valence-corrected chi connectivity index (χ4v) is 4.09. The zero-order valence-corrected chi connectivity index (χ0v) is 18.0. The maximum absolute atomic E-state index is 14.2. The average molecular weight is 408 g/mol. The van der Waals surface area contributed by atoms with E-state index in [-0.39, 0.29) is 11.9 Å². The van der Waals surface area contributed by atoms with Crippen LogP contribution in [0.1, 0.15) is 40.5 Å². The molecule has 1 atom stereocenters. The number of halogens is 1. The SMILES string of the molecule is C[C@@H]1CN(c2ncc(N)cc2F)CCN1CC1CCN(C(=O)OC(C)(C)C)CC1. The van der Waals surface area contributed by atoms with Gasteiger partial charge in [0.2, 0.25) is 0 Å². The van der Waals surface area contributed by atoms with Gasteiger partial charge in [0.15, 0.2) is 11.6 Å². The third kappa shape index (κ3) is 5.72. The Morgan fingerprint density at radius 3 is 2.55 bits per heavy atom. The first kappa shape index (κ1) is 21.6. The molecule has 0 aromatic carbocycles. The van der Waals surface area contributed by atoms with Crippen LogP contribution in [0.25, 0.3) is 0 Å². The molecule has 0 aliphatic carbocycles. The molecular weight excluding hydrogens is 373 g/mol. The van der Waals surface area contributed by atoms with E-state index in [4.69, 9.17) is 10.5 Å². The van der Waals surface area contributed by atoms with Crippen LogP contribution < -0.4 is 10.6 Å². The summed E-state index contributed by atoms with van der Waals surface area (Å²) in [7, 11) is 0. The Morgan fingerprint density at radius 1 is 1.28 bits per heavy atom. The Hall–Kier alpha value is -2.09. The van der Waals surface area contributed by atoms with Crippen LogP contribution in [0.3, 0.4) is 0 Å². The minimum Gasteiger partial charge on any atom is -0.444 e. The minimum absolute atomic E-state index is 0.212. The van der Waals surface area contributed by atoms with E-state index in [1.165, 1.54) is 12.3 Å². The number of rotatable bonds is 3. The molecule has 2 aliphatic rings. The summed E-state index contributed by atoms with van der Waals surface area (Å²) in [6.45, 7) is 12.7. The molecular formula is C21H34FN5O2. The Labute approximate surface area is 173 Å². The van der Waals surface area contributed by atoms with E-state index in [2.05, 4.69) is 16.8 Å². The van der Waals surface area contributed by atoms with Crippen LogP contribution >= 0.6 is 0 Å². The van der Waals surface area contributed by atoms with Crippen molar-refractivity contribution in [3.05, 3.63) is 18.1 Å². The van der Waals surface area contributed by atoms with E-state index in [1.807, 2.05) is 30.6 Å². The van der Waals surface area contributed by atoms with Crippen molar-refractivity contribution in [3.63, 3.8) is 0 Å². The zero-order chi connectivity index (χ0) is 21.2. The molecule has 0 unspecified atom stereocenters. The molecule has 2 saturated heterocycles. The predicted octanol–water partition coefficient (Wildman–Crippen LogP) is 2.96. The van der Waals surface area contributed by atoms with E-state index in [9.17, 15) is 9.18 Å². The Kier molecular flexibility index (Phi) is 6.51. The largest absolute Gasteiger partial charge is 0.444 e. The lowest BCUT2D eigenvalue weighted by Crippen LogP contribution is -2.54. The molecule has 7 nitrogen and oxygen atoms in total. The summed E-state index contributed by atoms with van der Waals surface area (Å²) >= 11 is 0. The van der Waals surface area contributed by atoms with Crippen molar-refractivity contribution < 1.29 is 13.9 Å². The molecule has 2 N–H and O–H groups in total. The van der Waals surface area contributed by atoms with Gasteiger partial charge in [0.1, 0.15) is 5.60 Å². The van der Waals surface area contributed by atoms with Gasteiger partial charge in [-0.05, 0) is 46.5 Å². The van der Waals surface area contributed by atoms with E-state index < -0.39 is 5.60 Å². The second-order valence-corrected chi connectivity index (χ2v) is 9.27. The molecule has 8 heteroatoms. The van der Waals surface area contributed by atoms with Crippen LogP contribution in [0.15, 0.2) is 12.3 Å². The molecule has 0 saturated carbocycles. The summed E-state index contributed by atoms with van der Waals surface area (Å²) in [5.74, 6) is 0.589. The molecule has 3 rings (SSSR count). The Bertz CT molecular complexity index is 716. The van der Waals surface area contributed by atoms with Crippen LogP contribution in [0, 0.1) is 11.7 Å². The Balaban J connectivity index is 1.47. The average Bonchev–Trinajstić information content (AvgIpc) is 2.63. The highest BCUT2D eigenvalue weighted by atomic mass is 19.1. The molecule has 2 aliphatic heterocycles. The fraction of sp³-hybridized carbons (Fsp3) is 0.714. The van der Waals surface area contributed by atoms with Gasteiger partial charge in [-0.15, -0.1) is 0 Å². The predicted molar refractivity (Wildman–Crippen MR) is 112 cm³/mol. The van der Waals surface area contributed by atoms with E-state index >= 15 is 0 Å². The summed E-state index contributed by atoms with van der Waals surface area (Å²) in [5.41, 5.74) is 5.49. The number of piperazine rings is 1. The number of anilines is 2. The maximum Gasteiger partial charge on any atom is 0.410 e. The zero-order valence-electron chi connectivity index (χ0n) is 18.0. The first-order valence-electron chi connectivity index (χ1n) is 10.5. The van der Waals surface area contributed by atoms with Crippen molar-refractivity contribution in [2.24, 2.45) is 5.92 Å². The smallest absolute Gasteiger partial charge is 0.410 e. The van der Waals surface area contributed by atoms with Crippen molar-refractivity contribution in [1.29, 1.82) is 0 Å². The Morgan fingerprint density at radius 2 is 1.97 bits per heavy atom.